The number of carbonyl (C=O) groups is 2. The summed E-state index contributed by atoms with van der Waals surface area (Å²) in [5, 5.41) is 21.0. The zero-order valence-electron chi connectivity index (χ0n) is 13.8. The van der Waals surface area contributed by atoms with Crippen molar-refractivity contribution in [1.29, 1.82) is 0 Å². The van der Waals surface area contributed by atoms with Gasteiger partial charge in [0, 0.05) is 42.8 Å². The minimum Gasteiger partial charge on any atom is -0.391 e. The second kappa shape index (κ2) is 9.46. The van der Waals surface area contributed by atoms with Crippen molar-refractivity contribution in [2.75, 3.05) is 25.0 Å². The van der Waals surface area contributed by atoms with E-state index < -0.39 is 6.10 Å². The fraction of sp³-hybridized carbons (Fsp3) is 0.500. The molecule has 1 heterocycles. The first-order chi connectivity index (χ1) is 11.0. The van der Waals surface area contributed by atoms with Gasteiger partial charge < -0.3 is 26.4 Å². The zero-order chi connectivity index (χ0) is 16.8. The van der Waals surface area contributed by atoms with E-state index in [1.54, 1.807) is 24.3 Å². The SMILES string of the molecule is CC(C)NC(=O)Nc1ccc(C(=O)NCC2CNCC2O)cc1.Cl. The van der Waals surface area contributed by atoms with Gasteiger partial charge in [0.25, 0.3) is 5.91 Å². The molecular weight excluding hydrogens is 332 g/mol. The maximum Gasteiger partial charge on any atom is 0.319 e. The van der Waals surface area contributed by atoms with Crippen LogP contribution in [0.1, 0.15) is 24.2 Å². The van der Waals surface area contributed by atoms with Crippen molar-refractivity contribution in [3.05, 3.63) is 29.8 Å². The van der Waals surface area contributed by atoms with Crippen LogP contribution in [0, 0.1) is 5.92 Å². The lowest BCUT2D eigenvalue weighted by Crippen LogP contribution is -2.34. The van der Waals surface area contributed by atoms with Crippen LogP contribution in [0.2, 0.25) is 0 Å². The van der Waals surface area contributed by atoms with Crippen molar-refractivity contribution in [2.45, 2.75) is 26.0 Å². The van der Waals surface area contributed by atoms with Gasteiger partial charge in [-0.2, -0.15) is 0 Å². The first-order valence-corrected chi connectivity index (χ1v) is 7.80. The molecular formula is C16H25ClN4O3. The van der Waals surface area contributed by atoms with Crippen LogP contribution in [0.25, 0.3) is 0 Å². The van der Waals surface area contributed by atoms with Gasteiger partial charge in [-0.1, -0.05) is 0 Å². The van der Waals surface area contributed by atoms with Gasteiger partial charge in [-0.15, -0.1) is 12.4 Å². The maximum absolute atomic E-state index is 12.1. The number of nitrogens with one attached hydrogen (secondary N) is 4. The van der Waals surface area contributed by atoms with Crippen molar-refractivity contribution in [1.82, 2.24) is 16.0 Å². The maximum atomic E-state index is 12.1. The average molecular weight is 357 g/mol. The molecule has 24 heavy (non-hydrogen) atoms. The summed E-state index contributed by atoms with van der Waals surface area (Å²) in [4.78, 5) is 23.7. The van der Waals surface area contributed by atoms with Gasteiger partial charge in [-0.05, 0) is 38.1 Å². The fourth-order valence-electron chi connectivity index (χ4n) is 2.39. The number of hydrogen-bond acceptors (Lipinski definition) is 4. The Kier molecular flexibility index (Phi) is 7.97. The predicted octanol–water partition coefficient (Wildman–Crippen LogP) is 0.948. The van der Waals surface area contributed by atoms with Crippen molar-refractivity contribution in [3.8, 4) is 0 Å². The summed E-state index contributed by atoms with van der Waals surface area (Å²) in [5.74, 6) is -0.151. The van der Waals surface area contributed by atoms with E-state index in [1.807, 2.05) is 13.8 Å². The number of aliphatic hydroxyl groups excluding tert-OH is 1. The first-order valence-electron chi connectivity index (χ1n) is 7.80. The van der Waals surface area contributed by atoms with Crippen molar-refractivity contribution >= 4 is 30.0 Å². The number of benzene rings is 1. The van der Waals surface area contributed by atoms with Gasteiger partial charge in [-0.25, -0.2) is 4.79 Å². The highest BCUT2D eigenvalue weighted by molar-refractivity contribution is 5.95. The molecule has 0 radical (unpaired) electrons. The summed E-state index contributed by atoms with van der Waals surface area (Å²) in [6.07, 6.45) is -0.415. The van der Waals surface area contributed by atoms with Gasteiger partial charge in [-0.3, -0.25) is 4.79 Å². The number of amides is 3. The van der Waals surface area contributed by atoms with Crippen LogP contribution in [-0.4, -0.2) is 48.8 Å². The number of halogens is 1. The summed E-state index contributed by atoms with van der Waals surface area (Å²) in [6, 6.07) is 6.45. The van der Waals surface area contributed by atoms with E-state index in [2.05, 4.69) is 21.3 Å². The number of urea groups is 1. The number of anilines is 1. The van der Waals surface area contributed by atoms with Crippen LogP contribution in [-0.2, 0) is 0 Å². The molecule has 3 amide bonds. The van der Waals surface area contributed by atoms with Crippen molar-refractivity contribution in [3.63, 3.8) is 0 Å². The monoisotopic (exact) mass is 356 g/mol. The van der Waals surface area contributed by atoms with Crippen LogP contribution < -0.4 is 21.3 Å². The highest BCUT2D eigenvalue weighted by Gasteiger charge is 2.25. The molecule has 2 rings (SSSR count). The second-order valence-electron chi connectivity index (χ2n) is 6.03. The molecule has 7 nitrogen and oxygen atoms in total. The van der Waals surface area contributed by atoms with Gasteiger partial charge in [0.15, 0.2) is 0 Å². The molecule has 1 aromatic rings. The molecule has 2 atom stereocenters. The van der Waals surface area contributed by atoms with E-state index in [1.165, 1.54) is 0 Å². The highest BCUT2D eigenvalue weighted by atomic mass is 35.5. The van der Waals surface area contributed by atoms with Gasteiger partial charge in [0.2, 0.25) is 0 Å². The Morgan fingerprint density at radius 1 is 1.25 bits per heavy atom. The number of rotatable bonds is 5. The molecule has 0 spiro atoms. The smallest absolute Gasteiger partial charge is 0.319 e. The summed E-state index contributed by atoms with van der Waals surface area (Å²) < 4.78 is 0. The van der Waals surface area contributed by atoms with Gasteiger partial charge in [0.05, 0.1) is 6.10 Å². The molecule has 1 saturated heterocycles. The third-order valence-electron chi connectivity index (χ3n) is 3.65. The summed E-state index contributed by atoms with van der Waals surface area (Å²) in [6.45, 7) is 5.46. The van der Waals surface area contributed by atoms with Crippen LogP contribution in [0.3, 0.4) is 0 Å². The molecule has 1 aromatic carbocycles. The Balaban J connectivity index is 0.00000288. The Hall–Kier alpha value is -1.83. The normalized spacial score (nSPS) is 19.5. The molecule has 1 aliphatic heterocycles. The Bertz CT molecular complexity index is 551. The number of aliphatic hydroxyl groups is 1. The zero-order valence-corrected chi connectivity index (χ0v) is 14.7. The molecule has 0 bridgehead atoms. The minimum absolute atomic E-state index is 0. The number of carbonyl (C=O) groups excluding carboxylic acids is 2. The Morgan fingerprint density at radius 2 is 1.92 bits per heavy atom. The second-order valence-corrected chi connectivity index (χ2v) is 6.03. The topological polar surface area (TPSA) is 102 Å². The molecule has 1 fully saturated rings. The van der Waals surface area contributed by atoms with Gasteiger partial charge >= 0.3 is 6.03 Å². The predicted molar refractivity (Wildman–Crippen MR) is 95.7 cm³/mol. The van der Waals surface area contributed by atoms with Crippen LogP contribution in [0.15, 0.2) is 24.3 Å². The van der Waals surface area contributed by atoms with Crippen LogP contribution >= 0.6 is 12.4 Å². The molecule has 0 aliphatic carbocycles. The standard InChI is InChI=1S/C16H24N4O3.ClH/c1-10(2)19-16(23)20-13-5-3-11(4-6-13)15(22)18-8-12-7-17-9-14(12)21;/h3-6,10,12,14,17,21H,7-9H2,1-2H3,(H,18,22)(H2,19,20,23);1H. The highest BCUT2D eigenvalue weighted by Crippen LogP contribution is 2.11. The van der Waals surface area contributed by atoms with E-state index in [4.69, 9.17) is 0 Å². The Labute approximate surface area is 148 Å². The summed E-state index contributed by atoms with van der Waals surface area (Å²) in [7, 11) is 0. The molecule has 0 aromatic heterocycles. The van der Waals surface area contributed by atoms with E-state index in [0.717, 1.165) is 0 Å². The fourth-order valence-corrected chi connectivity index (χ4v) is 2.39. The average Bonchev–Trinajstić information content (AvgIpc) is 2.90. The van der Waals surface area contributed by atoms with E-state index in [0.29, 0.717) is 30.9 Å². The largest absolute Gasteiger partial charge is 0.391 e. The first kappa shape index (κ1) is 20.2. The third-order valence-corrected chi connectivity index (χ3v) is 3.65. The lowest BCUT2D eigenvalue weighted by Gasteiger charge is -2.14. The molecule has 2 unspecified atom stereocenters. The van der Waals surface area contributed by atoms with E-state index in [9.17, 15) is 14.7 Å². The summed E-state index contributed by atoms with van der Waals surface area (Å²) >= 11 is 0. The van der Waals surface area contributed by atoms with Crippen LogP contribution in [0.5, 0.6) is 0 Å². The van der Waals surface area contributed by atoms with Crippen LogP contribution in [0.4, 0.5) is 10.5 Å². The lowest BCUT2D eigenvalue weighted by molar-refractivity contribution is 0.0927. The van der Waals surface area contributed by atoms with E-state index >= 15 is 0 Å². The minimum atomic E-state index is -0.415. The molecule has 8 heteroatoms. The molecule has 5 N–H and O–H groups in total. The van der Waals surface area contributed by atoms with Gasteiger partial charge in [0.1, 0.15) is 0 Å². The number of β-amino-alcohol motifs (C(OH)–C–C–N with tert-alkyl or cyclic N) is 1. The third kappa shape index (κ3) is 5.99. The quantitative estimate of drug-likeness (QED) is 0.542. The lowest BCUT2D eigenvalue weighted by atomic mass is 10.1. The van der Waals surface area contributed by atoms with Crippen molar-refractivity contribution in [2.24, 2.45) is 5.92 Å². The van der Waals surface area contributed by atoms with Crippen molar-refractivity contribution < 1.29 is 14.7 Å². The Morgan fingerprint density at radius 3 is 2.46 bits per heavy atom. The molecule has 1 aliphatic rings. The molecule has 0 saturated carbocycles. The number of hydrogen-bond donors (Lipinski definition) is 5. The van der Waals surface area contributed by atoms with E-state index in [-0.39, 0.29) is 36.3 Å². The molecule has 134 valence electrons. The summed E-state index contributed by atoms with van der Waals surface area (Å²) in [5.41, 5.74) is 1.13.